The molecule has 0 fully saturated rings. The summed E-state index contributed by atoms with van der Waals surface area (Å²) >= 11 is 4.81. The molecular formula is C112H151ClN6O24S4. The first-order valence-corrected chi connectivity index (χ1v) is 55.7. The van der Waals surface area contributed by atoms with Crippen LogP contribution in [0, 0.1) is 35.5 Å². The van der Waals surface area contributed by atoms with Crippen molar-refractivity contribution in [1.82, 2.24) is 22.1 Å². The number of carbonyl (C=O) groups excluding carboxylic acids is 4. The highest BCUT2D eigenvalue weighted by molar-refractivity contribution is 7.90. The van der Waals surface area contributed by atoms with Gasteiger partial charge in [0.25, 0.3) is 0 Å². The van der Waals surface area contributed by atoms with E-state index in [0.717, 1.165) is 38.4 Å². The van der Waals surface area contributed by atoms with Gasteiger partial charge in [0.05, 0.1) is 106 Å². The van der Waals surface area contributed by atoms with E-state index in [4.69, 9.17) is 68.2 Å². The molecule has 0 radical (unpaired) electrons. The number of nitrogens with two attached hydrogens (primary N) is 1. The second-order valence-electron chi connectivity index (χ2n) is 39.9. The van der Waals surface area contributed by atoms with Crippen molar-refractivity contribution in [2.45, 2.75) is 236 Å². The van der Waals surface area contributed by atoms with Crippen LogP contribution in [0.4, 0.5) is 9.59 Å². The normalized spacial score (nSPS) is 13.9. The molecule has 8 atom stereocenters. The number of hydrogen-bond acceptors (Lipinski definition) is 25. The fourth-order valence-electron chi connectivity index (χ4n) is 16.7. The Bertz CT molecular complexity index is 6520. The summed E-state index contributed by atoms with van der Waals surface area (Å²) in [7, 11) is -7.34. The fraction of sp³-hybridized carbons (Fsp3) is 0.464. The van der Waals surface area contributed by atoms with Crippen molar-refractivity contribution < 1.29 is 108 Å². The number of likely N-dealkylation sites (N-methyl/N-ethyl adjacent to an activating group) is 1. The lowest BCUT2D eigenvalue weighted by molar-refractivity contribution is -0.157. The lowest BCUT2D eigenvalue weighted by Gasteiger charge is -2.36. The Hall–Kier alpha value is -10.7. The summed E-state index contributed by atoms with van der Waals surface area (Å²) in [5.74, 6) is -0.817. The minimum atomic E-state index is -3.86. The number of furan rings is 4. The molecule has 0 bridgehead atoms. The Kier molecular flexibility index (Phi) is 47.9. The molecule has 804 valence electrons. The van der Waals surface area contributed by atoms with Gasteiger partial charge in [0.2, 0.25) is 40.1 Å². The van der Waals surface area contributed by atoms with E-state index in [1.165, 1.54) is 28.4 Å². The predicted molar refractivity (Wildman–Crippen MR) is 575 cm³/mol. The van der Waals surface area contributed by atoms with Crippen LogP contribution in [0.15, 0.2) is 281 Å². The molecule has 2 N–H and O–H groups in total. The van der Waals surface area contributed by atoms with Crippen LogP contribution >= 0.6 is 11.6 Å². The molecule has 0 aliphatic rings. The van der Waals surface area contributed by atoms with Crippen molar-refractivity contribution in [3.05, 3.63) is 266 Å². The zero-order valence-corrected chi connectivity index (χ0v) is 92.8. The fourth-order valence-corrected chi connectivity index (χ4v) is 23.5. The Morgan fingerprint density at radius 2 is 0.612 bits per heavy atom. The van der Waals surface area contributed by atoms with Gasteiger partial charge >= 0.3 is 23.5 Å². The standard InChI is InChI=1S/C29H39NO6S.C28H38N2O6S.C28H37NO6S.C23H30N2O4S.C4H7ClO2/c1-21(2)19-30(37(32,33)25-12-13-26-23(17-25)14-15-35-26)20-27(34-6)24(16-22-10-8-7-9-11-22)18-28(31)36-29(3,4)5;1-20(2)18-30(37(32,33)24-12-13-26-23(17-24)14-15-35-26)19-27(34-6)25(16-22-10-8-7-9-11-22)29(5)28(31)36-21(3)4;1-20(2)18-29(36(31,32)25-11-12-26-23(16-25)13-14-34-26)19-27(33-5)24(17-28(30)35-21(3)4)15-22-9-7-6-8-10-22;1-17(2)15-25(16-23(28-3)21(24)13-18-7-5-4-6-8-18)30(26,27)20-9-10-22-19(14-20)11-12-29-22;1-3(2)7-4(5)6/h7-15,17,21,24,27H,16,18-20H2,1-6H3;7-15,17,20-21,25,27H,16,18-19H2,1-6H3;6-14,16,20-21,24,27H,15,17-19H2,1-5H3;4-12,14,17,21,23H,13,15-16,24H2,1-3H3;3H,1-2H3/t24-,27-;25-,27+;24-,27-;21-,23+;/m1010./s1. The summed E-state index contributed by atoms with van der Waals surface area (Å²) in [5.41, 5.74) is 11.8. The van der Waals surface area contributed by atoms with Gasteiger partial charge in [0.15, 0.2) is 0 Å². The van der Waals surface area contributed by atoms with Crippen molar-refractivity contribution >= 4 is 119 Å². The molecule has 0 saturated carbocycles. The van der Waals surface area contributed by atoms with E-state index in [2.05, 4.69) is 4.74 Å². The molecule has 4 heterocycles. The zero-order chi connectivity index (χ0) is 108. The first-order chi connectivity index (χ1) is 69.4. The third-order valence-electron chi connectivity index (χ3n) is 23.6. The minimum Gasteiger partial charge on any atom is -0.464 e. The van der Waals surface area contributed by atoms with Crippen molar-refractivity contribution in [2.75, 3.05) is 87.8 Å². The van der Waals surface area contributed by atoms with Crippen molar-refractivity contribution in [1.29, 1.82) is 0 Å². The number of nitrogens with zero attached hydrogens (tertiary/aromatic N) is 5. The number of esters is 2. The van der Waals surface area contributed by atoms with Crippen LogP contribution in [-0.2, 0) is 113 Å². The van der Waals surface area contributed by atoms with Crippen molar-refractivity contribution in [2.24, 2.45) is 41.2 Å². The number of sulfonamides is 4. The number of ether oxygens (including phenoxy) is 8. The zero-order valence-electron chi connectivity index (χ0n) is 88.8. The van der Waals surface area contributed by atoms with E-state index >= 15 is 0 Å². The van der Waals surface area contributed by atoms with Crippen LogP contribution in [0.25, 0.3) is 43.9 Å². The number of benzene rings is 8. The monoisotopic (exact) mass is 2130 g/mol. The van der Waals surface area contributed by atoms with Gasteiger partial charge in [-0.1, -0.05) is 177 Å². The van der Waals surface area contributed by atoms with E-state index in [1.54, 1.807) is 179 Å². The van der Waals surface area contributed by atoms with Gasteiger partial charge in [-0.15, -0.1) is 0 Å². The van der Waals surface area contributed by atoms with Gasteiger partial charge in [0.1, 0.15) is 27.9 Å². The number of fused-ring (bicyclic) bond motifs is 4. The highest BCUT2D eigenvalue weighted by Gasteiger charge is 2.40. The van der Waals surface area contributed by atoms with Crippen LogP contribution in [0.2, 0.25) is 0 Å². The summed E-state index contributed by atoms with van der Waals surface area (Å²) in [6.45, 7) is 33.8. The molecule has 0 aliphatic heterocycles. The Balaban J connectivity index is 0.000000234. The third-order valence-corrected chi connectivity index (χ3v) is 31.0. The molecular weight excluding hydrogens is 1980 g/mol. The number of halogens is 1. The maximum absolute atomic E-state index is 13.8. The van der Waals surface area contributed by atoms with Crippen molar-refractivity contribution in [3.8, 4) is 0 Å². The number of methoxy groups -OCH3 is 4. The molecule has 12 aromatic rings. The van der Waals surface area contributed by atoms with Crippen LogP contribution in [0.3, 0.4) is 0 Å². The maximum atomic E-state index is 13.8. The third kappa shape index (κ3) is 38.4. The highest BCUT2D eigenvalue weighted by Crippen LogP contribution is 2.34. The van der Waals surface area contributed by atoms with Gasteiger partial charge in [-0.25, -0.2) is 43.3 Å². The Morgan fingerprint density at radius 1 is 0.340 bits per heavy atom. The van der Waals surface area contributed by atoms with Gasteiger partial charge in [-0.3, -0.25) is 9.59 Å². The Labute approximate surface area is 874 Å². The summed E-state index contributed by atoms with van der Waals surface area (Å²) in [5, 5.41) is 2.92. The molecule has 147 heavy (non-hydrogen) atoms. The predicted octanol–water partition coefficient (Wildman–Crippen LogP) is 21.6. The molecule has 0 aliphatic carbocycles. The Morgan fingerprint density at radius 3 is 0.878 bits per heavy atom. The molecule has 30 nitrogen and oxygen atoms in total. The second kappa shape index (κ2) is 57.9. The molecule has 0 spiro atoms. The van der Waals surface area contributed by atoms with Crippen LogP contribution in [0.5, 0.6) is 0 Å². The van der Waals surface area contributed by atoms with E-state index in [1.807, 2.05) is 211 Å². The van der Waals surface area contributed by atoms with E-state index in [-0.39, 0.29) is 130 Å². The quantitative estimate of drug-likeness (QED) is 0.0210. The molecule has 8 aromatic carbocycles. The number of rotatable bonds is 48. The molecule has 4 aromatic heterocycles. The van der Waals surface area contributed by atoms with Crippen molar-refractivity contribution in [3.63, 3.8) is 0 Å². The topological polar surface area (TPSA) is 373 Å². The van der Waals surface area contributed by atoms with Gasteiger partial charge < -0.3 is 66.2 Å². The van der Waals surface area contributed by atoms with Gasteiger partial charge in [0, 0.05) is 139 Å². The maximum Gasteiger partial charge on any atom is 0.410 e. The SMILES string of the molecule is CC(C)OC(=O)Cl.CO[C@H](CN(CC(C)C)S(=O)(=O)c1ccc2occc2c1)[C@@H](CC(=O)OC(C)(C)C)Cc1ccccc1.CO[C@H](CN(CC(C)C)S(=O)(=O)c1ccc2occc2c1)[C@@H](CC(=O)OC(C)C)Cc1ccccc1.CO[C@H](CN(CC(C)C)S(=O)(=O)c1ccc2occc2c1)[C@@H](N)Cc1ccccc1.CO[C@H](CN(CC(C)C)S(=O)(=O)c1ccc2occc2c1)[C@H](Cc1ccccc1)N(C)C(=O)OC(C)C. The van der Waals surface area contributed by atoms with Crippen LogP contribution in [0.1, 0.15) is 153 Å². The summed E-state index contributed by atoms with van der Waals surface area (Å²) in [6, 6.07) is 65.0. The molecule has 12 rings (SSSR count). The first kappa shape index (κ1) is 122. The summed E-state index contributed by atoms with van der Waals surface area (Å²) < 4.78 is 181. The number of carbonyl (C=O) groups is 4. The minimum absolute atomic E-state index is 0.0667. The van der Waals surface area contributed by atoms with E-state index in [0.29, 0.717) is 79.6 Å². The molecule has 35 heteroatoms. The summed E-state index contributed by atoms with van der Waals surface area (Å²) in [6.07, 6.45) is 5.39. The highest BCUT2D eigenvalue weighted by atomic mass is 35.5. The van der Waals surface area contributed by atoms with Crippen LogP contribution in [-0.4, -0.2) is 228 Å². The average Bonchev–Trinajstić information content (AvgIpc) is 1.78. The average molecular weight is 2130 g/mol. The van der Waals surface area contributed by atoms with Gasteiger partial charge in [-0.05, 0) is 231 Å². The second-order valence-corrected chi connectivity index (χ2v) is 48.0. The lowest BCUT2D eigenvalue weighted by Crippen LogP contribution is -2.52. The molecule has 1 amide bonds. The van der Waals surface area contributed by atoms with E-state index < -0.39 is 87.7 Å². The largest absolute Gasteiger partial charge is 0.464 e. The van der Waals surface area contributed by atoms with Gasteiger partial charge in [-0.2, -0.15) is 17.2 Å². The van der Waals surface area contributed by atoms with E-state index in [9.17, 15) is 52.8 Å². The first-order valence-electron chi connectivity index (χ1n) is 49.6. The summed E-state index contributed by atoms with van der Waals surface area (Å²) in [4.78, 5) is 50.5. The number of hydrogen-bond donors (Lipinski definition) is 1. The van der Waals surface area contributed by atoms with Crippen LogP contribution < -0.4 is 5.73 Å². The number of amides is 1. The molecule has 0 saturated heterocycles. The molecule has 0 unspecified atom stereocenters. The smallest absolute Gasteiger partial charge is 0.410 e. The lowest BCUT2D eigenvalue weighted by atomic mass is 9.90.